The van der Waals surface area contributed by atoms with Crippen molar-refractivity contribution in [2.45, 2.75) is 46.1 Å². The van der Waals surface area contributed by atoms with Crippen LogP contribution in [0.5, 0.6) is 11.5 Å². The Balaban J connectivity index is 2.62. The largest absolute Gasteiger partial charge is 0.493 e. The van der Waals surface area contributed by atoms with Crippen molar-refractivity contribution in [1.82, 2.24) is 0 Å². The molecule has 18 heavy (non-hydrogen) atoms. The molecule has 0 aromatic heterocycles. The minimum Gasteiger partial charge on any atom is -0.493 e. The van der Waals surface area contributed by atoms with Crippen molar-refractivity contribution in [2.75, 3.05) is 13.2 Å². The lowest BCUT2D eigenvalue weighted by Crippen LogP contribution is -2.02. The minimum absolute atomic E-state index is 0.00328. The highest BCUT2D eigenvalue weighted by Crippen LogP contribution is 2.25. The van der Waals surface area contributed by atoms with Gasteiger partial charge in [0, 0.05) is 11.6 Å². The van der Waals surface area contributed by atoms with E-state index < -0.39 is 0 Å². The van der Waals surface area contributed by atoms with Gasteiger partial charge in [-0.25, -0.2) is 0 Å². The zero-order valence-corrected chi connectivity index (χ0v) is 11.4. The molecule has 0 heterocycles. The lowest BCUT2D eigenvalue weighted by Gasteiger charge is -2.12. The molecule has 0 bridgehead atoms. The second-order valence-corrected chi connectivity index (χ2v) is 4.33. The van der Waals surface area contributed by atoms with Crippen LogP contribution in [-0.2, 0) is 6.61 Å². The Morgan fingerprint density at radius 1 is 1.00 bits per heavy atom. The molecule has 0 aliphatic rings. The van der Waals surface area contributed by atoms with Crippen LogP contribution in [0.1, 0.15) is 45.1 Å². The van der Waals surface area contributed by atoms with Crippen LogP contribution in [0, 0.1) is 0 Å². The van der Waals surface area contributed by atoms with E-state index in [-0.39, 0.29) is 6.61 Å². The number of aliphatic hydroxyl groups is 1. The van der Waals surface area contributed by atoms with Gasteiger partial charge in [-0.05, 0) is 25.0 Å². The molecule has 3 nitrogen and oxygen atoms in total. The highest BCUT2D eigenvalue weighted by atomic mass is 16.5. The zero-order valence-electron chi connectivity index (χ0n) is 11.4. The Kier molecular flexibility index (Phi) is 7.26. The van der Waals surface area contributed by atoms with Gasteiger partial charge in [-0.3, -0.25) is 0 Å². The van der Waals surface area contributed by atoms with Crippen molar-refractivity contribution < 1.29 is 14.6 Å². The third kappa shape index (κ3) is 4.96. The third-order valence-corrected chi connectivity index (χ3v) is 2.73. The second-order valence-electron chi connectivity index (χ2n) is 4.33. The standard InChI is InChI=1S/C15H24O3/c1-3-5-9-17-14-8-7-13(12-16)15(11-14)18-10-6-4-2/h7-8,11,16H,3-6,9-10,12H2,1-2H3. The molecular formula is C15H24O3. The van der Waals surface area contributed by atoms with Gasteiger partial charge in [-0.1, -0.05) is 26.7 Å². The van der Waals surface area contributed by atoms with E-state index in [4.69, 9.17) is 9.47 Å². The first-order valence-electron chi connectivity index (χ1n) is 6.81. The van der Waals surface area contributed by atoms with E-state index in [9.17, 15) is 5.11 Å². The Hall–Kier alpha value is -1.22. The summed E-state index contributed by atoms with van der Waals surface area (Å²) in [6.07, 6.45) is 4.29. The monoisotopic (exact) mass is 252 g/mol. The molecule has 3 heteroatoms. The second kappa shape index (κ2) is 8.81. The molecule has 0 aliphatic heterocycles. The van der Waals surface area contributed by atoms with Gasteiger partial charge in [0.2, 0.25) is 0 Å². The van der Waals surface area contributed by atoms with Gasteiger partial charge in [0.05, 0.1) is 19.8 Å². The lowest BCUT2D eigenvalue weighted by molar-refractivity contribution is 0.258. The minimum atomic E-state index is -0.00328. The zero-order chi connectivity index (χ0) is 13.2. The first-order chi connectivity index (χ1) is 8.81. The van der Waals surface area contributed by atoms with Crippen LogP contribution in [0.25, 0.3) is 0 Å². The number of hydrogen-bond donors (Lipinski definition) is 1. The molecule has 1 aromatic rings. The maximum Gasteiger partial charge on any atom is 0.128 e. The molecule has 1 N–H and O–H groups in total. The number of unbranched alkanes of at least 4 members (excludes halogenated alkanes) is 2. The summed E-state index contributed by atoms with van der Waals surface area (Å²) in [7, 11) is 0. The SMILES string of the molecule is CCCCOc1ccc(CO)c(OCCCC)c1. The predicted octanol–water partition coefficient (Wildman–Crippen LogP) is 3.54. The van der Waals surface area contributed by atoms with Crippen LogP contribution in [-0.4, -0.2) is 18.3 Å². The maximum absolute atomic E-state index is 9.26. The van der Waals surface area contributed by atoms with Crippen molar-refractivity contribution >= 4 is 0 Å². The molecule has 0 spiro atoms. The van der Waals surface area contributed by atoms with Gasteiger partial charge in [0.1, 0.15) is 11.5 Å². The summed E-state index contributed by atoms with van der Waals surface area (Å²) in [6.45, 7) is 5.67. The van der Waals surface area contributed by atoms with E-state index in [1.807, 2.05) is 18.2 Å². The first-order valence-corrected chi connectivity index (χ1v) is 6.81. The van der Waals surface area contributed by atoms with E-state index in [2.05, 4.69) is 13.8 Å². The number of hydrogen-bond acceptors (Lipinski definition) is 3. The van der Waals surface area contributed by atoms with E-state index in [1.165, 1.54) is 0 Å². The molecule has 0 fully saturated rings. The molecule has 0 saturated carbocycles. The van der Waals surface area contributed by atoms with E-state index in [0.717, 1.165) is 49.4 Å². The average Bonchev–Trinajstić information content (AvgIpc) is 2.40. The van der Waals surface area contributed by atoms with Crippen molar-refractivity contribution in [3.63, 3.8) is 0 Å². The van der Waals surface area contributed by atoms with Gasteiger partial charge in [-0.2, -0.15) is 0 Å². The first kappa shape index (κ1) is 14.8. The normalized spacial score (nSPS) is 10.4. The highest BCUT2D eigenvalue weighted by molar-refractivity contribution is 5.40. The molecule has 0 unspecified atom stereocenters. The van der Waals surface area contributed by atoms with Crippen molar-refractivity contribution in [2.24, 2.45) is 0 Å². The molecule has 0 radical (unpaired) electrons. The summed E-state index contributed by atoms with van der Waals surface area (Å²) in [6, 6.07) is 5.62. The summed E-state index contributed by atoms with van der Waals surface area (Å²) in [4.78, 5) is 0. The fraction of sp³-hybridized carbons (Fsp3) is 0.600. The van der Waals surface area contributed by atoms with Crippen molar-refractivity contribution in [3.05, 3.63) is 23.8 Å². The molecule has 0 atom stereocenters. The summed E-state index contributed by atoms with van der Waals surface area (Å²) < 4.78 is 11.3. The quantitative estimate of drug-likeness (QED) is 0.683. The van der Waals surface area contributed by atoms with Crippen LogP contribution in [0.15, 0.2) is 18.2 Å². The van der Waals surface area contributed by atoms with Gasteiger partial charge < -0.3 is 14.6 Å². The van der Waals surface area contributed by atoms with E-state index in [1.54, 1.807) is 0 Å². The van der Waals surface area contributed by atoms with Crippen LogP contribution >= 0.6 is 0 Å². The summed E-state index contributed by atoms with van der Waals surface area (Å²) in [5.41, 5.74) is 0.814. The van der Waals surface area contributed by atoms with Gasteiger partial charge >= 0.3 is 0 Å². The van der Waals surface area contributed by atoms with Gasteiger partial charge in [0.25, 0.3) is 0 Å². The number of rotatable bonds is 9. The number of ether oxygens (including phenoxy) is 2. The fourth-order valence-electron chi connectivity index (χ4n) is 1.55. The van der Waals surface area contributed by atoms with Gasteiger partial charge in [-0.15, -0.1) is 0 Å². The molecule has 102 valence electrons. The molecule has 1 rings (SSSR count). The van der Waals surface area contributed by atoms with Crippen LogP contribution in [0.2, 0.25) is 0 Å². The Bertz CT molecular complexity index is 337. The maximum atomic E-state index is 9.26. The molecule has 1 aromatic carbocycles. The van der Waals surface area contributed by atoms with E-state index in [0.29, 0.717) is 6.61 Å². The average molecular weight is 252 g/mol. The van der Waals surface area contributed by atoms with E-state index >= 15 is 0 Å². The number of aliphatic hydroxyl groups excluding tert-OH is 1. The highest BCUT2D eigenvalue weighted by Gasteiger charge is 2.05. The molecule has 0 aliphatic carbocycles. The van der Waals surface area contributed by atoms with Crippen molar-refractivity contribution in [1.29, 1.82) is 0 Å². The molecule has 0 amide bonds. The Morgan fingerprint density at radius 2 is 1.67 bits per heavy atom. The lowest BCUT2D eigenvalue weighted by atomic mass is 10.2. The van der Waals surface area contributed by atoms with Gasteiger partial charge in [0.15, 0.2) is 0 Å². The van der Waals surface area contributed by atoms with Crippen LogP contribution < -0.4 is 9.47 Å². The van der Waals surface area contributed by atoms with Crippen LogP contribution in [0.4, 0.5) is 0 Å². The summed E-state index contributed by atoms with van der Waals surface area (Å²) in [5.74, 6) is 1.55. The summed E-state index contributed by atoms with van der Waals surface area (Å²) >= 11 is 0. The fourth-order valence-corrected chi connectivity index (χ4v) is 1.55. The molecule has 0 saturated heterocycles. The summed E-state index contributed by atoms with van der Waals surface area (Å²) in [5, 5.41) is 9.26. The van der Waals surface area contributed by atoms with Crippen molar-refractivity contribution in [3.8, 4) is 11.5 Å². The Labute approximate surface area is 110 Å². The third-order valence-electron chi connectivity index (χ3n) is 2.73. The Morgan fingerprint density at radius 3 is 2.28 bits per heavy atom. The van der Waals surface area contributed by atoms with Crippen LogP contribution in [0.3, 0.4) is 0 Å². The molecular weight excluding hydrogens is 228 g/mol. The topological polar surface area (TPSA) is 38.7 Å². The number of benzene rings is 1. The smallest absolute Gasteiger partial charge is 0.128 e. The predicted molar refractivity (Wildman–Crippen MR) is 73.2 cm³/mol.